The van der Waals surface area contributed by atoms with Crippen LogP contribution in [0.4, 0.5) is 5.69 Å². The Hall–Kier alpha value is -2.00. The van der Waals surface area contributed by atoms with Gasteiger partial charge in [-0.05, 0) is 38.7 Å². The molecule has 3 heteroatoms. The Labute approximate surface area is 127 Å². The molecule has 3 nitrogen and oxygen atoms in total. The summed E-state index contributed by atoms with van der Waals surface area (Å²) in [6.45, 7) is 4.56. The van der Waals surface area contributed by atoms with Gasteiger partial charge in [0.15, 0.2) is 0 Å². The molecule has 0 amide bonds. The molecule has 0 saturated carbocycles. The summed E-state index contributed by atoms with van der Waals surface area (Å²) >= 11 is 0. The average Bonchev–Trinajstić information content (AvgIpc) is 2.45. The molecular weight excluding hydrogens is 260 g/mol. The standard InChI is InChI=1S/C18H24N2O/c1-15-6-4-7-16(12-15)14-19-17-8-5-9-18(13-17)21-11-10-20(2)3/h4-9,12-13,19H,10-11,14H2,1-3H3. The second-order valence-corrected chi connectivity index (χ2v) is 5.52. The number of benzene rings is 2. The van der Waals surface area contributed by atoms with Gasteiger partial charge in [0.1, 0.15) is 12.4 Å². The molecule has 2 rings (SSSR count). The molecule has 0 aromatic heterocycles. The summed E-state index contributed by atoms with van der Waals surface area (Å²) in [6, 6.07) is 16.7. The average molecular weight is 284 g/mol. The largest absolute Gasteiger partial charge is 0.492 e. The lowest BCUT2D eigenvalue weighted by Gasteiger charge is -2.12. The number of nitrogens with zero attached hydrogens (tertiary/aromatic N) is 1. The Morgan fingerprint density at radius 2 is 1.86 bits per heavy atom. The van der Waals surface area contributed by atoms with Crippen molar-refractivity contribution in [2.75, 3.05) is 32.6 Å². The van der Waals surface area contributed by atoms with Crippen LogP contribution in [0.25, 0.3) is 0 Å². The predicted molar refractivity (Wildman–Crippen MR) is 89.0 cm³/mol. The number of nitrogens with one attached hydrogen (secondary N) is 1. The maximum atomic E-state index is 5.75. The molecular formula is C18H24N2O. The van der Waals surface area contributed by atoms with Crippen LogP contribution in [0.3, 0.4) is 0 Å². The van der Waals surface area contributed by atoms with Crippen LogP contribution >= 0.6 is 0 Å². The first-order valence-corrected chi connectivity index (χ1v) is 7.30. The minimum atomic E-state index is 0.703. The number of hydrogen-bond donors (Lipinski definition) is 1. The first-order valence-electron chi connectivity index (χ1n) is 7.30. The lowest BCUT2D eigenvalue weighted by molar-refractivity contribution is 0.261. The summed E-state index contributed by atoms with van der Waals surface area (Å²) in [7, 11) is 4.09. The molecule has 0 fully saturated rings. The van der Waals surface area contributed by atoms with Crippen molar-refractivity contribution in [3.05, 3.63) is 59.7 Å². The number of rotatable bonds is 7. The molecule has 1 N–H and O–H groups in total. The predicted octanol–water partition coefficient (Wildman–Crippen LogP) is 3.55. The Balaban J connectivity index is 1.88. The van der Waals surface area contributed by atoms with Crippen LogP contribution < -0.4 is 10.1 Å². The normalized spacial score (nSPS) is 10.7. The van der Waals surface area contributed by atoms with E-state index in [1.54, 1.807) is 0 Å². The number of aryl methyl sites for hydroxylation is 1. The molecule has 0 atom stereocenters. The van der Waals surface area contributed by atoms with Gasteiger partial charge in [-0.25, -0.2) is 0 Å². The van der Waals surface area contributed by atoms with Crippen molar-refractivity contribution < 1.29 is 4.74 Å². The Bertz CT molecular complexity index is 567. The zero-order chi connectivity index (χ0) is 15.1. The van der Waals surface area contributed by atoms with Gasteiger partial charge in [0.2, 0.25) is 0 Å². The summed E-state index contributed by atoms with van der Waals surface area (Å²) in [4.78, 5) is 2.11. The fourth-order valence-corrected chi connectivity index (χ4v) is 2.07. The smallest absolute Gasteiger partial charge is 0.121 e. The third kappa shape index (κ3) is 5.48. The third-order valence-electron chi connectivity index (χ3n) is 3.22. The second kappa shape index (κ2) is 7.70. The molecule has 0 spiro atoms. The van der Waals surface area contributed by atoms with Crippen LogP contribution in [0.1, 0.15) is 11.1 Å². The van der Waals surface area contributed by atoms with Crippen LogP contribution in [0.2, 0.25) is 0 Å². The van der Waals surface area contributed by atoms with Gasteiger partial charge in [0.05, 0.1) is 0 Å². The van der Waals surface area contributed by atoms with Crippen molar-refractivity contribution in [3.63, 3.8) is 0 Å². The Morgan fingerprint density at radius 1 is 1.05 bits per heavy atom. The third-order valence-corrected chi connectivity index (χ3v) is 3.22. The first kappa shape index (κ1) is 15.4. The zero-order valence-electron chi connectivity index (χ0n) is 13.1. The minimum absolute atomic E-state index is 0.703. The topological polar surface area (TPSA) is 24.5 Å². The van der Waals surface area contributed by atoms with Gasteiger partial charge in [-0.15, -0.1) is 0 Å². The number of ether oxygens (including phenoxy) is 1. The highest BCUT2D eigenvalue weighted by atomic mass is 16.5. The minimum Gasteiger partial charge on any atom is -0.492 e. The van der Waals surface area contributed by atoms with Gasteiger partial charge in [-0.2, -0.15) is 0 Å². The highest BCUT2D eigenvalue weighted by Gasteiger charge is 1.99. The summed E-state index contributed by atoms with van der Waals surface area (Å²) < 4.78 is 5.75. The van der Waals surface area contributed by atoms with E-state index in [1.165, 1.54) is 11.1 Å². The lowest BCUT2D eigenvalue weighted by Crippen LogP contribution is -2.19. The van der Waals surface area contributed by atoms with Crippen LogP contribution in [-0.4, -0.2) is 32.1 Å². The first-order chi connectivity index (χ1) is 10.1. The molecule has 0 radical (unpaired) electrons. The summed E-state index contributed by atoms with van der Waals surface area (Å²) in [6.07, 6.45) is 0. The summed E-state index contributed by atoms with van der Waals surface area (Å²) in [5.41, 5.74) is 3.66. The molecule has 0 unspecified atom stereocenters. The van der Waals surface area contributed by atoms with Crippen LogP contribution in [-0.2, 0) is 6.54 Å². The quantitative estimate of drug-likeness (QED) is 0.841. The zero-order valence-corrected chi connectivity index (χ0v) is 13.1. The Morgan fingerprint density at radius 3 is 2.62 bits per heavy atom. The number of hydrogen-bond acceptors (Lipinski definition) is 3. The molecule has 0 saturated heterocycles. The van der Waals surface area contributed by atoms with Crippen molar-refractivity contribution >= 4 is 5.69 Å². The molecule has 0 aliphatic carbocycles. The van der Waals surface area contributed by atoms with E-state index >= 15 is 0 Å². The van der Waals surface area contributed by atoms with E-state index in [0.29, 0.717) is 6.61 Å². The van der Waals surface area contributed by atoms with Gasteiger partial charge in [-0.3, -0.25) is 0 Å². The molecule has 2 aromatic rings. The molecule has 0 aliphatic rings. The molecule has 2 aromatic carbocycles. The SMILES string of the molecule is Cc1cccc(CNc2cccc(OCCN(C)C)c2)c1. The number of anilines is 1. The van der Waals surface area contributed by atoms with E-state index in [1.807, 2.05) is 32.3 Å². The summed E-state index contributed by atoms with van der Waals surface area (Å²) in [5.74, 6) is 0.908. The van der Waals surface area contributed by atoms with Crippen molar-refractivity contribution in [2.24, 2.45) is 0 Å². The van der Waals surface area contributed by atoms with E-state index in [0.717, 1.165) is 24.5 Å². The van der Waals surface area contributed by atoms with Crippen LogP contribution in [0.5, 0.6) is 5.75 Å². The van der Waals surface area contributed by atoms with Crippen molar-refractivity contribution in [1.82, 2.24) is 4.90 Å². The monoisotopic (exact) mass is 284 g/mol. The fraction of sp³-hybridized carbons (Fsp3) is 0.333. The summed E-state index contributed by atoms with van der Waals surface area (Å²) in [5, 5.41) is 3.44. The molecule has 0 heterocycles. The molecule has 0 bridgehead atoms. The second-order valence-electron chi connectivity index (χ2n) is 5.52. The van der Waals surface area contributed by atoms with Gasteiger partial charge < -0.3 is 15.0 Å². The van der Waals surface area contributed by atoms with Crippen molar-refractivity contribution in [1.29, 1.82) is 0 Å². The van der Waals surface area contributed by atoms with E-state index in [4.69, 9.17) is 4.74 Å². The van der Waals surface area contributed by atoms with Crippen LogP contribution in [0, 0.1) is 6.92 Å². The van der Waals surface area contributed by atoms with E-state index < -0.39 is 0 Å². The van der Waals surface area contributed by atoms with E-state index in [9.17, 15) is 0 Å². The van der Waals surface area contributed by atoms with E-state index in [2.05, 4.69) is 47.5 Å². The highest BCUT2D eigenvalue weighted by Crippen LogP contribution is 2.18. The maximum Gasteiger partial charge on any atom is 0.121 e. The maximum absolute atomic E-state index is 5.75. The highest BCUT2D eigenvalue weighted by molar-refractivity contribution is 5.48. The molecule has 21 heavy (non-hydrogen) atoms. The van der Waals surface area contributed by atoms with Gasteiger partial charge in [0.25, 0.3) is 0 Å². The van der Waals surface area contributed by atoms with Crippen LogP contribution in [0.15, 0.2) is 48.5 Å². The van der Waals surface area contributed by atoms with Gasteiger partial charge >= 0.3 is 0 Å². The lowest BCUT2D eigenvalue weighted by atomic mass is 10.1. The van der Waals surface area contributed by atoms with Gasteiger partial charge in [0, 0.05) is 24.8 Å². The van der Waals surface area contributed by atoms with Gasteiger partial charge in [-0.1, -0.05) is 35.9 Å². The molecule has 112 valence electrons. The van der Waals surface area contributed by atoms with E-state index in [-0.39, 0.29) is 0 Å². The Kier molecular flexibility index (Phi) is 5.64. The molecule has 0 aliphatic heterocycles. The van der Waals surface area contributed by atoms with Crippen molar-refractivity contribution in [3.8, 4) is 5.75 Å². The van der Waals surface area contributed by atoms with Crippen molar-refractivity contribution in [2.45, 2.75) is 13.5 Å². The fourth-order valence-electron chi connectivity index (χ4n) is 2.07. The number of likely N-dealkylation sites (N-methyl/N-ethyl adjacent to an activating group) is 1.